The smallest absolute Gasteiger partial charge is 0.262 e. The molecule has 0 aliphatic heterocycles. The highest BCUT2D eigenvalue weighted by Crippen LogP contribution is 2.18. The number of anilines is 1. The largest absolute Gasteiger partial charge is 0.374 e. The maximum absolute atomic E-state index is 12.1. The summed E-state index contributed by atoms with van der Waals surface area (Å²) >= 11 is 2.27. The first-order valence-electron chi connectivity index (χ1n) is 7.38. The number of hydrazone groups is 1. The zero-order valence-electron chi connectivity index (χ0n) is 13.4. The van der Waals surface area contributed by atoms with Gasteiger partial charge in [-0.05, 0) is 78.3 Å². The van der Waals surface area contributed by atoms with Crippen molar-refractivity contribution in [2.24, 2.45) is 5.10 Å². The zero-order chi connectivity index (χ0) is 16.8. The molecule has 0 aromatic heterocycles. The predicted octanol–water partition coefficient (Wildman–Crippen LogP) is 3.86. The lowest BCUT2D eigenvalue weighted by Crippen LogP contribution is -2.35. The summed E-state index contributed by atoms with van der Waals surface area (Å²) in [6, 6.07) is 13.6. The Hall–Kier alpha value is -1.89. The molecule has 5 heteroatoms. The molecule has 23 heavy (non-hydrogen) atoms. The van der Waals surface area contributed by atoms with E-state index in [0.717, 1.165) is 22.4 Å². The summed E-state index contributed by atoms with van der Waals surface area (Å²) in [6.07, 6.45) is 1.66. The van der Waals surface area contributed by atoms with Crippen LogP contribution in [0.5, 0.6) is 0 Å². The molecule has 1 amide bonds. The van der Waals surface area contributed by atoms with E-state index in [2.05, 4.69) is 44.5 Å². The summed E-state index contributed by atoms with van der Waals surface area (Å²) in [5.74, 6) is -0.173. The Labute approximate surface area is 150 Å². The normalized spacial score (nSPS) is 12.2. The number of carbonyl (C=O) groups is 1. The quantitative estimate of drug-likeness (QED) is 0.438. The molecule has 2 rings (SSSR count). The molecule has 0 bridgehead atoms. The van der Waals surface area contributed by atoms with Crippen LogP contribution >= 0.6 is 22.6 Å². The van der Waals surface area contributed by atoms with Crippen LogP contribution in [0, 0.1) is 17.4 Å². The van der Waals surface area contributed by atoms with E-state index in [1.165, 1.54) is 3.57 Å². The summed E-state index contributed by atoms with van der Waals surface area (Å²) in [6.45, 7) is 5.84. The summed E-state index contributed by atoms with van der Waals surface area (Å²) in [5, 5.41) is 7.24. The van der Waals surface area contributed by atoms with Gasteiger partial charge in [-0.25, -0.2) is 5.43 Å². The van der Waals surface area contributed by atoms with Gasteiger partial charge >= 0.3 is 0 Å². The number of benzene rings is 2. The van der Waals surface area contributed by atoms with Crippen molar-refractivity contribution < 1.29 is 4.79 Å². The topological polar surface area (TPSA) is 53.5 Å². The molecular formula is C18H20IN3O. The van der Waals surface area contributed by atoms with Crippen LogP contribution in [0.2, 0.25) is 0 Å². The molecule has 120 valence electrons. The number of rotatable bonds is 5. The highest BCUT2D eigenvalue weighted by Gasteiger charge is 2.12. The maximum Gasteiger partial charge on any atom is 0.262 e. The monoisotopic (exact) mass is 421 g/mol. The van der Waals surface area contributed by atoms with E-state index in [0.29, 0.717) is 0 Å². The Kier molecular flexibility index (Phi) is 6.15. The van der Waals surface area contributed by atoms with E-state index in [1.807, 2.05) is 57.2 Å². The molecule has 2 aromatic carbocycles. The highest BCUT2D eigenvalue weighted by molar-refractivity contribution is 14.1. The number of halogens is 1. The van der Waals surface area contributed by atoms with Gasteiger partial charge in [0.05, 0.1) is 6.21 Å². The predicted molar refractivity (Wildman–Crippen MR) is 104 cm³/mol. The first-order chi connectivity index (χ1) is 11.0. The summed E-state index contributed by atoms with van der Waals surface area (Å²) < 4.78 is 1.17. The third-order valence-corrected chi connectivity index (χ3v) is 4.19. The molecule has 0 unspecified atom stereocenters. The summed E-state index contributed by atoms with van der Waals surface area (Å²) in [5.41, 5.74) is 6.75. The van der Waals surface area contributed by atoms with Crippen molar-refractivity contribution in [1.29, 1.82) is 0 Å². The van der Waals surface area contributed by atoms with Crippen molar-refractivity contribution >= 4 is 40.4 Å². The van der Waals surface area contributed by atoms with Gasteiger partial charge in [-0.3, -0.25) is 4.79 Å². The average Bonchev–Trinajstić information content (AvgIpc) is 2.51. The molecule has 0 saturated heterocycles. The van der Waals surface area contributed by atoms with Gasteiger partial charge in [0.25, 0.3) is 5.91 Å². The van der Waals surface area contributed by atoms with Crippen LogP contribution in [0.3, 0.4) is 0 Å². The fourth-order valence-electron chi connectivity index (χ4n) is 2.08. The number of carbonyl (C=O) groups excluding carboxylic acids is 1. The summed E-state index contributed by atoms with van der Waals surface area (Å²) in [7, 11) is 0. The molecule has 1 atom stereocenters. The standard InChI is InChI=1S/C18H20IN3O/c1-12-6-4-5-7-15(12)11-20-22-18(23)14(3)21-17-9-8-16(19)10-13(17)2/h4-11,14,21H,1-3H3,(H,22,23)/b20-11-/t14-/m0/s1. The molecule has 0 fully saturated rings. The van der Waals surface area contributed by atoms with Crippen LogP contribution in [-0.4, -0.2) is 18.2 Å². The summed E-state index contributed by atoms with van der Waals surface area (Å²) in [4.78, 5) is 12.1. The van der Waals surface area contributed by atoms with Crippen molar-refractivity contribution in [2.45, 2.75) is 26.8 Å². The van der Waals surface area contributed by atoms with Crippen molar-refractivity contribution in [3.8, 4) is 0 Å². The van der Waals surface area contributed by atoms with Crippen LogP contribution in [0.4, 0.5) is 5.69 Å². The van der Waals surface area contributed by atoms with Gasteiger partial charge in [-0.2, -0.15) is 5.10 Å². The second-order valence-corrected chi connectivity index (χ2v) is 6.66. The fraction of sp³-hybridized carbons (Fsp3) is 0.222. The van der Waals surface area contributed by atoms with Gasteiger partial charge in [-0.15, -0.1) is 0 Å². The van der Waals surface area contributed by atoms with Crippen LogP contribution in [0.15, 0.2) is 47.6 Å². The van der Waals surface area contributed by atoms with Gasteiger partial charge in [0, 0.05) is 9.26 Å². The first kappa shape index (κ1) is 17.5. The van der Waals surface area contributed by atoms with E-state index in [-0.39, 0.29) is 11.9 Å². The maximum atomic E-state index is 12.1. The van der Waals surface area contributed by atoms with E-state index >= 15 is 0 Å². The van der Waals surface area contributed by atoms with E-state index < -0.39 is 0 Å². The Morgan fingerprint density at radius 2 is 1.91 bits per heavy atom. The van der Waals surface area contributed by atoms with Crippen LogP contribution in [0.1, 0.15) is 23.6 Å². The molecule has 0 aliphatic rings. The second-order valence-electron chi connectivity index (χ2n) is 5.42. The van der Waals surface area contributed by atoms with Crippen molar-refractivity contribution in [3.05, 3.63) is 62.7 Å². The molecule has 0 heterocycles. The first-order valence-corrected chi connectivity index (χ1v) is 8.46. The van der Waals surface area contributed by atoms with Crippen LogP contribution in [0.25, 0.3) is 0 Å². The van der Waals surface area contributed by atoms with Gasteiger partial charge in [0.15, 0.2) is 0 Å². The lowest BCUT2D eigenvalue weighted by molar-refractivity contribution is -0.121. The number of nitrogens with zero attached hydrogens (tertiary/aromatic N) is 1. The third-order valence-electron chi connectivity index (χ3n) is 3.52. The molecule has 2 N–H and O–H groups in total. The number of aryl methyl sites for hydroxylation is 2. The van der Waals surface area contributed by atoms with Gasteiger partial charge < -0.3 is 5.32 Å². The minimum Gasteiger partial charge on any atom is -0.374 e. The van der Waals surface area contributed by atoms with E-state index in [4.69, 9.17) is 0 Å². The Bertz CT molecular complexity index is 728. The van der Waals surface area contributed by atoms with Crippen molar-refractivity contribution in [2.75, 3.05) is 5.32 Å². The van der Waals surface area contributed by atoms with E-state index in [1.54, 1.807) is 6.21 Å². The number of amides is 1. The molecule has 4 nitrogen and oxygen atoms in total. The number of nitrogens with one attached hydrogen (secondary N) is 2. The highest BCUT2D eigenvalue weighted by atomic mass is 127. The van der Waals surface area contributed by atoms with Gasteiger partial charge in [-0.1, -0.05) is 24.3 Å². The minimum atomic E-state index is -0.372. The molecule has 0 saturated carbocycles. The Balaban J connectivity index is 1.94. The molecular weight excluding hydrogens is 401 g/mol. The molecule has 2 aromatic rings. The third kappa shape index (κ3) is 5.06. The van der Waals surface area contributed by atoms with Crippen LogP contribution in [-0.2, 0) is 4.79 Å². The van der Waals surface area contributed by atoms with Gasteiger partial charge in [0.1, 0.15) is 6.04 Å². The lowest BCUT2D eigenvalue weighted by atomic mass is 10.1. The SMILES string of the molecule is Cc1ccccc1/C=N\NC(=O)[C@H](C)Nc1ccc(I)cc1C. The molecule has 0 aliphatic carbocycles. The van der Waals surface area contributed by atoms with Crippen LogP contribution < -0.4 is 10.7 Å². The Morgan fingerprint density at radius 1 is 1.17 bits per heavy atom. The minimum absolute atomic E-state index is 0.173. The molecule has 0 spiro atoms. The van der Waals surface area contributed by atoms with Crippen molar-refractivity contribution in [3.63, 3.8) is 0 Å². The zero-order valence-corrected chi connectivity index (χ0v) is 15.6. The van der Waals surface area contributed by atoms with E-state index in [9.17, 15) is 4.79 Å². The van der Waals surface area contributed by atoms with Gasteiger partial charge in [0.2, 0.25) is 0 Å². The fourth-order valence-corrected chi connectivity index (χ4v) is 2.73. The average molecular weight is 421 g/mol. The molecule has 0 radical (unpaired) electrons. The number of hydrogen-bond donors (Lipinski definition) is 2. The Morgan fingerprint density at radius 3 is 2.61 bits per heavy atom. The lowest BCUT2D eigenvalue weighted by Gasteiger charge is -2.15. The number of hydrogen-bond acceptors (Lipinski definition) is 3. The van der Waals surface area contributed by atoms with Crippen molar-refractivity contribution in [1.82, 2.24) is 5.43 Å². The second kappa shape index (κ2) is 8.10.